The number of aromatic nitrogens is 1. The Labute approximate surface area is 146 Å². The second-order valence-corrected chi connectivity index (χ2v) is 7.06. The van der Waals surface area contributed by atoms with Crippen LogP contribution in [-0.2, 0) is 6.42 Å². The van der Waals surface area contributed by atoms with Crippen LogP contribution >= 0.6 is 11.3 Å². The molecule has 1 N–H and O–H groups in total. The van der Waals surface area contributed by atoms with Gasteiger partial charge in [0, 0.05) is 16.6 Å². The van der Waals surface area contributed by atoms with Gasteiger partial charge < -0.3 is 0 Å². The number of hydrogen-bond donors (Lipinski definition) is 1. The maximum absolute atomic E-state index is 12.7. The average molecular weight is 336 g/mol. The van der Waals surface area contributed by atoms with E-state index in [0.717, 1.165) is 12.0 Å². The minimum Gasteiger partial charge on any atom is -0.298 e. The van der Waals surface area contributed by atoms with Gasteiger partial charge in [0.05, 0.1) is 0 Å². The standard InChI is InChI=1S/C20H20N2OS/c1-14(2)18-13-21-20(24-18)22-19(23)17-11-7-6-10-16(17)12-15-8-4-3-5-9-15/h3-11,13-14H,12H2,1-2H3,(H,21,22,23). The van der Waals surface area contributed by atoms with Crippen LogP contribution in [0.5, 0.6) is 0 Å². The van der Waals surface area contributed by atoms with E-state index in [-0.39, 0.29) is 5.91 Å². The van der Waals surface area contributed by atoms with Gasteiger partial charge in [-0.15, -0.1) is 11.3 Å². The zero-order valence-electron chi connectivity index (χ0n) is 13.8. The van der Waals surface area contributed by atoms with Crippen molar-refractivity contribution in [1.82, 2.24) is 4.98 Å². The van der Waals surface area contributed by atoms with Crippen molar-refractivity contribution in [3.05, 3.63) is 82.4 Å². The highest BCUT2D eigenvalue weighted by Gasteiger charge is 2.14. The molecule has 24 heavy (non-hydrogen) atoms. The number of benzene rings is 2. The summed E-state index contributed by atoms with van der Waals surface area (Å²) in [6, 6.07) is 17.9. The number of carbonyl (C=O) groups excluding carboxylic acids is 1. The van der Waals surface area contributed by atoms with Gasteiger partial charge in [-0.3, -0.25) is 10.1 Å². The second kappa shape index (κ2) is 7.41. The first-order valence-electron chi connectivity index (χ1n) is 8.02. The quantitative estimate of drug-likeness (QED) is 0.703. The van der Waals surface area contributed by atoms with Gasteiger partial charge >= 0.3 is 0 Å². The predicted molar refractivity (Wildman–Crippen MR) is 99.8 cm³/mol. The van der Waals surface area contributed by atoms with Crippen molar-refractivity contribution in [3.63, 3.8) is 0 Å². The van der Waals surface area contributed by atoms with E-state index in [2.05, 4.69) is 36.3 Å². The molecule has 1 heterocycles. The summed E-state index contributed by atoms with van der Waals surface area (Å²) in [7, 11) is 0. The Hall–Kier alpha value is -2.46. The third-order valence-electron chi connectivity index (χ3n) is 3.81. The zero-order chi connectivity index (χ0) is 16.9. The molecule has 2 aromatic carbocycles. The Morgan fingerprint density at radius 3 is 2.50 bits per heavy atom. The fourth-order valence-corrected chi connectivity index (χ4v) is 3.30. The highest BCUT2D eigenvalue weighted by molar-refractivity contribution is 7.15. The third kappa shape index (κ3) is 3.89. The molecule has 3 aromatic rings. The van der Waals surface area contributed by atoms with Gasteiger partial charge in [0.25, 0.3) is 5.91 Å². The summed E-state index contributed by atoms with van der Waals surface area (Å²) in [5, 5.41) is 3.58. The van der Waals surface area contributed by atoms with E-state index < -0.39 is 0 Å². The van der Waals surface area contributed by atoms with Gasteiger partial charge in [-0.1, -0.05) is 62.4 Å². The van der Waals surface area contributed by atoms with Crippen LogP contribution in [0.2, 0.25) is 0 Å². The molecule has 0 bridgehead atoms. The maximum atomic E-state index is 12.7. The summed E-state index contributed by atoms with van der Waals surface area (Å²) in [5.41, 5.74) is 2.90. The summed E-state index contributed by atoms with van der Waals surface area (Å²) in [6.45, 7) is 4.24. The molecular formula is C20H20N2OS. The molecule has 0 aliphatic rings. The monoisotopic (exact) mass is 336 g/mol. The predicted octanol–water partition coefficient (Wildman–Crippen LogP) is 5.11. The molecule has 0 saturated carbocycles. The lowest BCUT2D eigenvalue weighted by atomic mass is 9.99. The number of carbonyl (C=O) groups is 1. The fourth-order valence-electron chi connectivity index (χ4n) is 2.49. The number of thiazole rings is 1. The second-order valence-electron chi connectivity index (χ2n) is 6.00. The molecule has 0 spiro atoms. The van der Waals surface area contributed by atoms with Gasteiger partial charge in [-0.2, -0.15) is 0 Å². The van der Waals surface area contributed by atoms with E-state index in [1.807, 2.05) is 48.7 Å². The number of nitrogens with zero attached hydrogens (tertiary/aromatic N) is 1. The molecule has 0 saturated heterocycles. The van der Waals surface area contributed by atoms with Gasteiger partial charge in [0.2, 0.25) is 0 Å². The van der Waals surface area contributed by atoms with Gasteiger partial charge in [-0.05, 0) is 29.5 Å². The number of rotatable bonds is 5. The lowest BCUT2D eigenvalue weighted by Gasteiger charge is -2.09. The van der Waals surface area contributed by atoms with E-state index in [0.29, 0.717) is 16.6 Å². The van der Waals surface area contributed by atoms with Crippen molar-refractivity contribution >= 4 is 22.4 Å². The zero-order valence-corrected chi connectivity index (χ0v) is 14.6. The smallest absolute Gasteiger partial charge is 0.257 e. The van der Waals surface area contributed by atoms with Crippen molar-refractivity contribution in [2.45, 2.75) is 26.2 Å². The van der Waals surface area contributed by atoms with Gasteiger partial charge in [-0.25, -0.2) is 4.98 Å². The van der Waals surface area contributed by atoms with Crippen molar-refractivity contribution in [3.8, 4) is 0 Å². The Morgan fingerprint density at radius 1 is 1.08 bits per heavy atom. The lowest BCUT2D eigenvalue weighted by molar-refractivity contribution is 0.102. The molecule has 0 aliphatic carbocycles. The van der Waals surface area contributed by atoms with Crippen LogP contribution in [0.3, 0.4) is 0 Å². The molecule has 3 nitrogen and oxygen atoms in total. The van der Waals surface area contributed by atoms with E-state index in [1.165, 1.54) is 21.8 Å². The number of anilines is 1. The fraction of sp³-hybridized carbons (Fsp3) is 0.200. The van der Waals surface area contributed by atoms with E-state index in [4.69, 9.17) is 0 Å². The number of nitrogens with one attached hydrogen (secondary N) is 1. The lowest BCUT2D eigenvalue weighted by Crippen LogP contribution is -2.14. The molecule has 122 valence electrons. The van der Waals surface area contributed by atoms with Crippen molar-refractivity contribution in [2.24, 2.45) is 0 Å². The van der Waals surface area contributed by atoms with Crippen molar-refractivity contribution in [2.75, 3.05) is 5.32 Å². The van der Waals surface area contributed by atoms with Crippen LogP contribution in [0.4, 0.5) is 5.13 Å². The molecule has 1 amide bonds. The Bertz CT molecular complexity index is 824. The first-order chi connectivity index (χ1) is 11.6. The molecule has 0 fully saturated rings. The first kappa shape index (κ1) is 16.4. The Balaban J connectivity index is 1.79. The van der Waals surface area contributed by atoms with Crippen molar-refractivity contribution < 1.29 is 4.79 Å². The van der Waals surface area contributed by atoms with Gasteiger partial charge in [0.1, 0.15) is 0 Å². The van der Waals surface area contributed by atoms with Crippen LogP contribution in [-0.4, -0.2) is 10.9 Å². The molecule has 0 aliphatic heterocycles. The van der Waals surface area contributed by atoms with E-state index >= 15 is 0 Å². The van der Waals surface area contributed by atoms with E-state index in [9.17, 15) is 4.79 Å². The molecular weight excluding hydrogens is 316 g/mol. The average Bonchev–Trinajstić information content (AvgIpc) is 3.05. The Kier molecular flexibility index (Phi) is 5.06. The Morgan fingerprint density at radius 2 is 1.79 bits per heavy atom. The topological polar surface area (TPSA) is 42.0 Å². The van der Waals surface area contributed by atoms with Crippen LogP contribution in [0.15, 0.2) is 60.8 Å². The molecule has 4 heteroatoms. The molecule has 1 aromatic heterocycles. The molecule has 0 radical (unpaired) electrons. The minimum atomic E-state index is -0.105. The normalized spacial score (nSPS) is 10.8. The molecule has 0 unspecified atom stereocenters. The van der Waals surface area contributed by atoms with Crippen LogP contribution in [0.1, 0.15) is 46.1 Å². The largest absolute Gasteiger partial charge is 0.298 e. The van der Waals surface area contributed by atoms with E-state index in [1.54, 1.807) is 0 Å². The van der Waals surface area contributed by atoms with Crippen molar-refractivity contribution in [1.29, 1.82) is 0 Å². The molecule has 3 rings (SSSR count). The summed E-state index contributed by atoms with van der Waals surface area (Å²) in [5.74, 6) is 0.310. The van der Waals surface area contributed by atoms with Crippen LogP contribution in [0.25, 0.3) is 0 Å². The minimum absolute atomic E-state index is 0.105. The highest BCUT2D eigenvalue weighted by Crippen LogP contribution is 2.26. The summed E-state index contributed by atoms with van der Waals surface area (Å²) in [4.78, 5) is 18.1. The summed E-state index contributed by atoms with van der Waals surface area (Å²) in [6.07, 6.45) is 2.57. The van der Waals surface area contributed by atoms with Gasteiger partial charge in [0.15, 0.2) is 5.13 Å². The third-order valence-corrected chi connectivity index (χ3v) is 5.03. The number of hydrogen-bond acceptors (Lipinski definition) is 3. The summed E-state index contributed by atoms with van der Waals surface area (Å²) < 4.78 is 0. The highest BCUT2D eigenvalue weighted by atomic mass is 32.1. The van der Waals surface area contributed by atoms with Crippen LogP contribution < -0.4 is 5.32 Å². The first-order valence-corrected chi connectivity index (χ1v) is 8.84. The molecule has 0 atom stereocenters. The summed E-state index contributed by atoms with van der Waals surface area (Å²) >= 11 is 1.53. The SMILES string of the molecule is CC(C)c1cnc(NC(=O)c2ccccc2Cc2ccccc2)s1. The number of amides is 1. The van der Waals surface area contributed by atoms with Crippen LogP contribution in [0, 0.1) is 0 Å². The maximum Gasteiger partial charge on any atom is 0.257 e.